The van der Waals surface area contributed by atoms with Gasteiger partial charge in [-0.25, -0.2) is 4.68 Å². The number of carboxylic acid groups (broad SMARTS) is 2. The second-order valence-electron chi connectivity index (χ2n) is 4.90. The zero-order chi connectivity index (χ0) is 17.7. The molecule has 0 aliphatic rings. The van der Waals surface area contributed by atoms with Gasteiger partial charge in [-0.05, 0) is 12.1 Å². The third-order valence-electron chi connectivity index (χ3n) is 3.17. The van der Waals surface area contributed by atoms with E-state index in [-0.39, 0.29) is 13.0 Å². The van der Waals surface area contributed by atoms with E-state index in [2.05, 4.69) is 10.3 Å². The van der Waals surface area contributed by atoms with Crippen molar-refractivity contribution in [1.29, 1.82) is 0 Å². The predicted octanol–water partition coefficient (Wildman–Crippen LogP) is -3.44. The Labute approximate surface area is 134 Å². The molecule has 2 rings (SSSR count). The maximum atomic E-state index is 12.2. The van der Waals surface area contributed by atoms with Crippen molar-refractivity contribution < 1.29 is 24.6 Å². The summed E-state index contributed by atoms with van der Waals surface area (Å²) in [5.74, 6) is -4.15. The Kier molecular flexibility index (Phi) is 5.20. The summed E-state index contributed by atoms with van der Waals surface area (Å²) in [6, 6.07) is 4.83. The topological polar surface area (TPSA) is 157 Å². The van der Waals surface area contributed by atoms with E-state index in [0.717, 1.165) is 4.68 Å². The van der Waals surface area contributed by atoms with E-state index in [0.29, 0.717) is 10.9 Å². The molecule has 1 N–H and O–H groups in total. The molecule has 0 saturated heterocycles. The van der Waals surface area contributed by atoms with E-state index >= 15 is 0 Å². The first-order valence-electron chi connectivity index (χ1n) is 6.91. The number of fused-ring (bicyclic) bond motifs is 1. The maximum absolute atomic E-state index is 12.2. The van der Waals surface area contributed by atoms with Gasteiger partial charge in [0.15, 0.2) is 0 Å². The smallest absolute Gasteiger partial charge is 0.277 e. The average Bonchev–Trinajstić information content (AvgIpc) is 2.53. The lowest BCUT2D eigenvalue weighted by Crippen LogP contribution is -2.50. The van der Waals surface area contributed by atoms with E-state index in [1.807, 2.05) is 5.32 Å². The van der Waals surface area contributed by atoms with Gasteiger partial charge in [0.1, 0.15) is 5.52 Å². The van der Waals surface area contributed by atoms with Crippen LogP contribution < -0.4 is 21.1 Å². The van der Waals surface area contributed by atoms with Gasteiger partial charge in [-0.1, -0.05) is 17.3 Å². The first-order valence-corrected chi connectivity index (χ1v) is 6.91. The standard InChI is InChI=1S/C14H14N4O6/c19-11(15-10(14(23)24)7-12(20)21)5-6-18-13(22)8-3-1-2-4-9(8)16-17-18/h1-4,10H,5-7H2,(H,15,19)(H,20,21)(H,23,24)/p-2/t10-/m0/s1. The summed E-state index contributed by atoms with van der Waals surface area (Å²) < 4.78 is 0.967. The number of hydrogen-bond acceptors (Lipinski definition) is 8. The molecule has 0 aliphatic heterocycles. The van der Waals surface area contributed by atoms with Crippen LogP contribution in [-0.4, -0.2) is 38.9 Å². The summed E-state index contributed by atoms with van der Waals surface area (Å²) in [6.07, 6.45) is -1.20. The third-order valence-corrected chi connectivity index (χ3v) is 3.17. The number of carboxylic acids is 2. The van der Waals surface area contributed by atoms with Gasteiger partial charge in [-0.15, -0.1) is 5.10 Å². The van der Waals surface area contributed by atoms with Gasteiger partial charge in [-0.3, -0.25) is 9.59 Å². The van der Waals surface area contributed by atoms with Gasteiger partial charge in [-0.2, -0.15) is 0 Å². The molecular weight excluding hydrogens is 320 g/mol. The number of aromatic nitrogens is 3. The molecule has 126 valence electrons. The van der Waals surface area contributed by atoms with Gasteiger partial charge in [0, 0.05) is 18.8 Å². The van der Waals surface area contributed by atoms with E-state index in [1.54, 1.807) is 24.3 Å². The van der Waals surface area contributed by atoms with Crippen molar-refractivity contribution in [3.8, 4) is 0 Å². The molecule has 0 spiro atoms. The van der Waals surface area contributed by atoms with E-state index in [9.17, 15) is 29.4 Å². The number of carbonyl (C=O) groups excluding carboxylic acids is 3. The molecule has 1 aromatic carbocycles. The number of aryl methyl sites for hydroxylation is 1. The highest BCUT2D eigenvalue weighted by atomic mass is 16.4. The Balaban J connectivity index is 2.04. The van der Waals surface area contributed by atoms with Crippen LogP contribution in [0.1, 0.15) is 12.8 Å². The minimum atomic E-state index is -1.74. The van der Waals surface area contributed by atoms with Crippen LogP contribution in [0, 0.1) is 0 Å². The van der Waals surface area contributed by atoms with Crippen molar-refractivity contribution in [1.82, 2.24) is 20.3 Å². The number of rotatable bonds is 7. The van der Waals surface area contributed by atoms with Gasteiger partial charge < -0.3 is 25.1 Å². The zero-order valence-electron chi connectivity index (χ0n) is 12.3. The Morgan fingerprint density at radius 3 is 2.58 bits per heavy atom. The van der Waals surface area contributed by atoms with Crippen molar-refractivity contribution in [3.63, 3.8) is 0 Å². The lowest BCUT2D eigenvalue weighted by molar-refractivity contribution is -0.317. The molecule has 0 bridgehead atoms. The Bertz CT molecular complexity index is 847. The van der Waals surface area contributed by atoms with Crippen LogP contribution >= 0.6 is 0 Å². The quantitative estimate of drug-likeness (QED) is 0.548. The van der Waals surface area contributed by atoms with Gasteiger partial charge in [0.05, 0.1) is 23.9 Å². The Hall–Kier alpha value is -3.30. The van der Waals surface area contributed by atoms with Crippen molar-refractivity contribution in [2.75, 3.05) is 0 Å². The molecule has 1 aromatic heterocycles. The van der Waals surface area contributed by atoms with E-state index in [1.165, 1.54) is 0 Å². The number of amides is 1. The summed E-state index contributed by atoms with van der Waals surface area (Å²) in [6.45, 7) is -0.145. The Morgan fingerprint density at radius 1 is 1.21 bits per heavy atom. The molecule has 0 saturated carbocycles. The highest BCUT2D eigenvalue weighted by Crippen LogP contribution is 2.03. The minimum Gasteiger partial charge on any atom is -0.550 e. The molecule has 2 aromatic rings. The van der Waals surface area contributed by atoms with Gasteiger partial charge in [0.25, 0.3) is 5.56 Å². The van der Waals surface area contributed by atoms with Crippen molar-refractivity contribution >= 4 is 28.7 Å². The average molecular weight is 332 g/mol. The summed E-state index contributed by atoms with van der Waals surface area (Å²) in [4.78, 5) is 45.0. The molecular formula is C14H12N4O6-2. The summed E-state index contributed by atoms with van der Waals surface area (Å²) >= 11 is 0. The first-order chi connectivity index (χ1) is 11.4. The fraction of sp³-hybridized carbons (Fsp3) is 0.286. The summed E-state index contributed by atoms with van der Waals surface area (Å²) in [5, 5.41) is 31.0. The van der Waals surface area contributed by atoms with Crippen LogP contribution in [0.2, 0.25) is 0 Å². The SMILES string of the molecule is O=C([O-])C[C@H](NC(=O)CCn1nnc2ccccc2c1=O)C(=O)[O-]. The van der Waals surface area contributed by atoms with E-state index in [4.69, 9.17) is 0 Å². The summed E-state index contributed by atoms with van der Waals surface area (Å²) in [7, 11) is 0. The molecule has 0 aliphatic carbocycles. The van der Waals surface area contributed by atoms with Crippen molar-refractivity contribution in [2.24, 2.45) is 0 Å². The predicted molar refractivity (Wildman–Crippen MR) is 75.0 cm³/mol. The molecule has 10 heteroatoms. The number of benzene rings is 1. The molecule has 0 fully saturated rings. The van der Waals surface area contributed by atoms with Crippen LogP contribution in [0.25, 0.3) is 10.9 Å². The number of carbonyl (C=O) groups is 3. The van der Waals surface area contributed by atoms with Crippen LogP contribution in [0.15, 0.2) is 29.1 Å². The number of nitrogens with zero attached hydrogens (tertiary/aromatic N) is 3. The van der Waals surface area contributed by atoms with Crippen molar-refractivity contribution in [3.05, 3.63) is 34.6 Å². The second-order valence-corrected chi connectivity index (χ2v) is 4.90. The number of hydrogen-bond donors (Lipinski definition) is 1. The first kappa shape index (κ1) is 17.1. The highest BCUT2D eigenvalue weighted by molar-refractivity contribution is 5.85. The fourth-order valence-corrected chi connectivity index (χ4v) is 2.00. The number of nitrogens with one attached hydrogen (secondary N) is 1. The second kappa shape index (κ2) is 7.31. The lowest BCUT2D eigenvalue weighted by Gasteiger charge is -2.20. The number of aliphatic carboxylic acids is 2. The van der Waals surface area contributed by atoms with E-state index < -0.39 is 35.9 Å². The van der Waals surface area contributed by atoms with Gasteiger partial charge >= 0.3 is 0 Å². The Morgan fingerprint density at radius 2 is 1.92 bits per heavy atom. The molecule has 10 nitrogen and oxygen atoms in total. The van der Waals surface area contributed by atoms with Crippen LogP contribution in [0.4, 0.5) is 0 Å². The third kappa shape index (κ3) is 4.12. The molecule has 0 unspecified atom stereocenters. The zero-order valence-corrected chi connectivity index (χ0v) is 12.3. The van der Waals surface area contributed by atoms with Crippen LogP contribution in [0.5, 0.6) is 0 Å². The fourth-order valence-electron chi connectivity index (χ4n) is 2.00. The molecule has 1 heterocycles. The largest absolute Gasteiger partial charge is 0.550 e. The molecule has 0 radical (unpaired) electrons. The molecule has 1 atom stereocenters. The van der Waals surface area contributed by atoms with Crippen LogP contribution in [-0.2, 0) is 20.9 Å². The highest BCUT2D eigenvalue weighted by Gasteiger charge is 2.14. The molecule has 1 amide bonds. The van der Waals surface area contributed by atoms with Gasteiger partial charge in [0.2, 0.25) is 5.91 Å². The van der Waals surface area contributed by atoms with Crippen LogP contribution in [0.3, 0.4) is 0 Å². The minimum absolute atomic E-state index is 0.145. The normalized spacial score (nSPS) is 11.8. The monoisotopic (exact) mass is 332 g/mol. The molecule has 24 heavy (non-hydrogen) atoms. The van der Waals surface area contributed by atoms with Crippen molar-refractivity contribution in [2.45, 2.75) is 25.4 Å². The lowest BCUT2D eigenvalue weighted by atomic mass is 10.2. The maximum Gasteiger partial charge on any atom is 0.277 e. The summed E-state index contributed by atoms with van der Waals surface area (Å²) in [5.41, 5.74) is -0.0336.